The molecule has 1 aromatic rings. The molecule has 1 fully saturated rings. The van der Waals surface area contributed by atoms with Gasteiger partial charge < -0.3 is 10.2 Å². The van der Waals surface area contributed by atoms with E-state index in [1.54, 1.807) is 18.5 Å². The Morgan fingerprint density at radius 2 is 2.05 bits per heavy atom. The van der Waals surface area contributed by atoms with Crippen LogP contribution < -0.4 is 5.32 Å². The zero-order chi connectivity index (χ0) is 15.2. The molecule has 1 aliphatic rings. The van der Waals surface area contributed by atoms with Gasteiger partial charge in [0.05, 0.1) is 17.4 Å². The number of carbonyl (C=O) groups excluding carboxylic acids is 1. The third-order valence-corrected chi connectivity index (χ3v) is 4.23. The van der Waals surface area contributed by atoms with Gasteiger partial charge in [0.25, 0.3) is 5.91 Å². The Hall–Kier alpha value is -1.62. The van der Waals surface area contributed by atoms with Crippen LogP contribution in [0.25, 0.3) is 0 Å². The summed E-state index contributed by atoms with van der Waals surface area (Å²) in [5.74, 6) is 0.108. The van der Waals surface area contributed by atoms with Crippen molar-refractivity contribution in [1.29, 1.82) is 0 Å². The van der Waals surface area contributed by atoms with E-state index in [0.717, 1.165) is 50.4 Å². The largest absolute Gasteiger partial charge is 0.383 e. The van der Waals surface area contributed by atoms with Crippen LogP contribution in [-0.4, -0.2) is 59.5 Å². The minimum Gasteiger partial charge on any atom is -0.383 e. The van der Waals surface area contributed by atoms with Crippen molar-refractivity contribution >= 4 is 11.6 Å². The summed E-state index contributed by atoms with van der Waals surface area (Å²) in [5, 5.41) is 3.21. The minimum absolute atomic E-state index is 0.108. The van der Waals surface area contributed by atoms with Crippen LogP contribution in [0.3, 0.4) is 0 Å². The monoisotopic (exact) mass is 290 g/mol. The molecule has 5 heteroatoms. The van der Waals surface area contributed by atoms with Gasteiger partial charge in [0.15, 0.2) is 0 Å². The number of nitrogens with one attached hydrogen (secondary N) is 1. The van der Waals surface area contributed by atoms with Crippen LogP contribution in [0.2, 0.25) is 0 Å². The summed E-state index contributed by atoms with van der Waals surface area (Å²) in [7, 11) is 0. The predicted octanol–water partition coefficient (Wildman–Crippen LogP) is 2.07. The van der Waals surface area contributed by atoms with E-state index < -0.39 is 0 Å². The fraction of sp³-hybridized carbons (Fsp3) is 0.625. The number of hydrogen-bond acceptors (Lipinski definition) is 4. The van der Waals surface area contributed by atoms with Crippen LogP contribution >= 0.6 is 0 Å². The molecule has 0 saturated carbocycles. The van der Waals surface area contributed by atoms with E-state index >= 15 is 0 Å². The van der Waals surface area contributed by atoms with Crippen LogP contribution in [0.1, 0.15) is 37.6 Å². The van der Waals surface area contributed by atoms with Crippen molar-refractivity contribution in [3.8, 4) is 0 Å². The maximum absolute atomic E-state index is 12.7. The van der Waals surface area contributed by atoms with Crippen molar-refractivity contribution < 1.29 is 4.79 Å². The van der Waals surface area contributed by atoms with E-state index in [1.165, 1.54) is 0 Å². The molecular formula is C16H26N4O. The molecule has 1 saturated heterocycles. The molecule has 116 valence electrons. The van der Waals surface area contributed by atoms with Gasteiger partial charge in [0.1, 0.15) is 0 Å². The number of amides is 1. The Morgan fingerprint density at radius 1 is 1.33 bits per heavy atom. The average Bonchev–Trinajstić information content (AvgIpc) is 2.54. The third kappa shape index (κ3) is 3.73. The number of pyridine rings is 1. The van der Waals surface area contributed by atoms with Crippen molar-refractivity contribution in [2.45, 2.75) is 33.2 Å². The third-order valence-electron chi connectivity index (χ3n) is 4.23. The highest BCUT2D eigenvalue weighted by Gasteiger charge is 2.25. The van der Waals surface area contributed by atoms with E-state index in [4.69, 9.17) is 0 Å². The Balaban J connectivity index is 2.02. The maximum atomic E-state index is 12.7. The smallest absolute Gasteiger partial charge is 0.256 e. The first-order chi connectivity index (χ1) is 10.2. The molecule has 0 aromatic carbocycles. The Bertz CT molecular complexity index is 469. The molecule has 1 atom stereocenters. The molecule has 21 heavy (non-hydrogen) atoms. The summed E-state index contributed by atoms with van der Waals surface area (Å²) in [6.45, 7) is 10.8. The van der Waals surface area contributed by atoms with Gasteiger partial charge in [0.2, 0.25) is 0 Å². The van der Waals surface area contributed by atoms with E-state index in [-0.39, 0.29) is 5.91 Å². The van der Waals surface area contributed by atoms with Gasteiger partial charge in [0, 0.05) is 45.0 Å². The van der Waals surface area contributed by atoms with Crippen molar-refractivity contribution in [3.05, 3.63) is 24.0 Å². The van der Waals surface area contributed by atoms with Gasteiger partial charge in [-0.05, 0) is 26.3 Å². The number of nitrogens with zero attached hydrogens (tertiary/aromatic N) is 3. The Morgan fingerprint density at radius 3 is 2.67 bits per heavy atom. The zero-order valence-electron chi connectivity index (χ0n) is 13.3. The summed E-state index contributed by atoms with van der Waals surface area (Å²) in [6, 6.07) is 2.40. The van der Waals surface area contributed by atoms with Crippen molar-refractivity contribution in [3.63, 3.8) is 0 Å². The highest BCUT2D eigenvalue weighted by atomic mass is 16.2. The molecule has 2 heterocycles. The highest BCUT2D eigenvalue weighted by Crippen LogP contribution is 2.17. The summed E-state index contributed by atoms with van der Waals surface area (Å²) in [5.41, 5.74) is 1.55. The lowest BCUT2D eigenvalue weighted by Crippen LogP contribution is -2.51. The van der Waals surface area contributed by atoms with Crippen molar-refractivity contribution in [2.75, 3.05) is 38.0 Å². The minimum atomic E-state index is 0.108. The van der Waals surface area contributed by atoms with E-state index in [0.29, 0.717) is 6.04 Å². The first kappa shape index (κ1) is 15.8. The standard InChI is InChI=1S/C16H26N4O/c1-4-13(3)19-8-10-20(11-9-19)16(21)14-6-7-17-12-15(14)18-5-2/h6-7,12-13,18H,4-5,8-11H2,1-3H3. The van der Waals surface area contributed by atoms with Gasteiger partial charge >= 0.3 is 0 Å². The van der Waals surface area contributed by atoms with Gasteiger partial charge in [-0.2, -0.15) is 0 Å². The van der Waals surface area contributed by atoms with Gasteiger partial charge in [-0.25, -0.2) is 0 Å². The first-order valence-electron chi connectivity index (χ1n) is 7.88. The van der Waals surface area contributed by atoms with Crippen LogP contribution in [-0.2, 0) is 0 Å². The normalized spacial score (nSPS) is 17.6. The molecule has 1 unspecified atom stereocenters. The summed E-state index contributed by atoms with van der Waals surface area (Å²) >= 11 is 0. The molecule has 5 nitrogen and oxygen atoms in total. The van der Waals surface area contributed by atoms with Crippen LogP contribution in [0.4, 0.5) is 5.69 Å². The van der Waals surface area contributed by atoms with Crippen molar-refractivity contribution in [2.24, 2.45) is 0 Å². The number of carbonyl (C=O) groups is 1. The van der Waals surface area contributed by atoms with E-state index in [2.05, 4.69) is 29.0 Å². The van der Waals surface area contributed by atoms with Crippen molar-refractivity contribution in [1.82, 2.24) is 14.8 Å². The molecule has 0 radical (unpaired) electrons. The molecule has 1 aromatic heterocycles. The second-order valence-electron chi connectivity index (χ2n) is 5.54. The first-order valence-corrected chi connectivity index (χ1v) is 7.88. The topological polar surface area (TPSA) is 48.5 Å². The molecule has 1 N–H and O–H groups in total. The molecule has 1 aliphatic heterocycles. The Kier molecular flexibility index (Phi) is 5.56. The number of rotatable bonds is 5. The van der Waals surface area contributed by atoms with Crippen LogP contribution in [0.15, 0.2) is 18.5 Å². The van der Waals surface area contributed by atoms with E-state index in [9.17, 15) is 4.79 Å². The van der Waals surface area contributed by atoms with Gasteiger partial charge in [-0.3, -0.25) is 14.7 Å². The summed E-state index contributed by atoms with van der Waals surface area (Å²) < 4.78 is 0. The second-order valence-corrected chi connectivity index (χ2v) is 5.54. The molecule has 0 bridgehead atoms. The second kappa shape index (κ2) is 7.41. The molecule has 0 spiro atoms. The maximum Gasteiger partial charge on any atom is 0.256 e. The van der Waals surface area contributed by atoms with Gasteiger partial charge in [-0.15, -0.1) is 0 Å². The quantitative estimate of drug-likeness (QED) is 0.902. The zero-order valence-corrected chi connectivity index (χ0v) is 13.3. The molecule has 2 rings (SSSR count). The van der Waals surface area contributed by atoms with E-state index in [1.807, 2.05) is 11.8 Å². The number of piperazine rings is 1. The van der Waals surface area contributed by atoms with Crippen LogP contribution in [0.5, 0.6) is 0 Å². The lowest BCUT2D eigenvalue weighted by Gasteiger charge is -2.38. The molecule has 1 amide bonds. The number of anilines is 1. The summed E-state index contributed by atoms with van der Waals surface area (Å²) in [6.07, 6.45) is 4.57. The lowest BCUT2D eigenvalue weighted by atomic mass is 10.1. The SMILES string of the molecule is CCNc1cnccc1C(=O)N1CCN(C(C)CC)CC1. The number of hydrogen-bond donors (Lipinski definition) is 1. The highest BCUT2D eigenvalue weighted by molar-refractivity contribution is 5.99. The molecule has 0 aliphatic carbocycles. The lowest BCUT2D eigenvalue weighted by molar-refractivity contribution is 0.0580. The summed E-state index contributed by atoms with van der Waals surface area (Å²) in [4.78, 5) is 21.2. The molecular weight excluding hydrogens is 264 g/mol. The predicted molar refractivity (Wildman–Crippen MR) is 85.6 cm³/mol. The fourth-order valence-electron chi connectivity index (χ4n) is 2.71. The number of aromatic nitrogens is 1. The average molecular weight is 290 g/mol. The van der Waals surface area contributed by atoms with Crippen LogP contribution in [0, 0.1) is 0 Å². The fourth-order valence-corrected chi connectivity index (χ4v) is 2.71. The van der Waals surface area contributed by atoms with Gasteiger partial charge in [-0.1, -0.05) is 6.92 Å². The Labute approximate surface area is 127 Å².